The van der Waals surface area contributed by atoms with Gasteiger partial charge in [0, 0.05) is 41.0 Å². The predicted octanol–water partition coefficient (Wildman–Crippen LogP) is 4.52. The summed E-state index contributed by atoms with van der Waals surface area (Å²) in [5.41, 5.74) is 5.02. The summed E-state index contributed by atoms with van der Waals surface area (Å²) in [7, 11) is 0. The van der Waals surface area contributed by atoms with Gasteiger partial charge in [-0.1, -0.05) is 30.3 Å². The number of aromatic nitrogens is 3. The molecule has 158 valence electrons. The Balaban J connectivity index is 1.75. The lowest BCUT2D eigenvalue weighted by atomic mass is 10.1. The number of benzene rings is 1. The van der Waals surface area contributed by atoms with Crippen molar-refractivity contribution in [1.29, 1.82) is 0 Å². The van der Waals surface area contributed by atoms with Crippen molar-refractivity contribution in [2.24, 2.45) is 0 Å². The van der Waals surface area contributed by atoms with Crippen molar-refractivity contribution in [2.75, 3.05) is 0 Å². The minimum absolute atomic E-state index is 0.143. The number of carbonyl (C=O) groups is 1. The van der Waals surface area contributed by atoms with Crippen molar-refractivity contribution >= 4 is 16.8 Å². The van der Waals surface area contributed by atoms with Gasteiger partial charge >= 0.3 is 0 Å². The number of aromatic amines is 1. The molecular weight excluding hydrogens is 388 g/mol. The fourth-order valence-electron chi connectivity index (χ4n) is 3.89. The Hall–Kier alpha value is -3.67. The SMILES string of the molecule is Cc1cc(C)c(CNC(=O)c2nc(-c3ccccc3)cc3c2ccn3C(C)C)c(=O)[nH]1. The lowest BCUT2D eigenvalue weighted by Gasteiger charge is -2.13. The van der Waals surface area contributed by atoms with Crippen molar-refractivity contribution in [3.63, 3.8) is 0 Å². The molecule has 0 aliphatic carbocycles. The normalized spacial score (nSPS) is 11.3. The van der Waals surface area contributed by atoms with Crippen LogP contribution in [0.1, 0.15) is 47.2 Å². The van der Waals surface area contributed by atoms with Gasteiger partial charge in [-0.2, -0.15) is 0 Å². The Morgan fingerprint density at radius 2 is 1.87 bits per heavy atom. The van der Waals surface area contributed by atoms with Crippen LogP contribution in [-0.2, 0) is 6.54 Å². The molecule has 6 nitrogen and oxygen atoms in total. The first kappa shape index (κ1) is 20.6. The number of aryl methyl sites for hydroxylation is 2. The Bertz CT molecular complexity index is 1320. The molecule has 0 spiro atoms. The molecule has 0 fully saturated rings. The third-order valence-electron chi connectivity index (χ3n) is 5.48. The second kappa shape index (κ2) is 8.22. The molecule has 0 saturated carbocycles. The van der Waals surface area contributed by atoms with Gasteiger partial charge < -0.3 is 14.9 Å². The molecule has 0 saturated heterocycles. The standard InChI is InChI=1S/C25H26N4O2/c1-15(2)29-11-10-19-22(29)13-21(18-8-6-5-7-9-18)28-23(19)25(31)26-14-20-16(3)12-17(4)27-24(20)30/h5-13,15H,14H2,1-4H3,(H,26,31)(H,27,30). The monoisotopic (exact) mass is 414 g/mol. The third kappa shape index (κ3) is 4.01. The maximum absolute atomic E-state index is 13.2. The van der Waals surface area contributed by atoms with E-state index in [2.05, 4.69) is 28.7 Å². The van der Waals surface area contributed by atoms with E-state index in [0.717, 1.165) is 33.4 Å². The molecule has 0 unspecified atom stereocenters. The van der Waals surface area contributed by atoms with Gasteiger partial charge in [0.2, 0.25) is 0 Å². The van der Waals surface area contributed by atoms with Gasteiger partial charge in [-0.05, 0) is 51.5 Å². The fraction of sp³-hybridized carbons (Fsp3) is 0.240. The number of H-pyrrole nitrogens is 1. The largest absolute Gasteiger partial charge is 0.346 e. The van der Waals surface area contributed by atoms with E-state index in [4.69, 9.17) is 4.98 Å². The van der Waals surface area contributed by atoms with Gasteiger partial charge in [0.1, 0.15) is 5.69 Å². The van der Waals surface area contributed by atoms with Crippen molar-refractivity contribution in [3.8, 4) is 11.3 Å². The molecule has 6 heteroatoms. The summed E-state index contributed by atoms with van der Waals surface area (Å²) in [6.45, 7) is 8.07. The van der Waals surface area contributed by atoms with E-state index in [9.17, 15) is 9.59 Å². The zero-order valence-corrected chi connectivity index (χ0v) is 18.2. The van der Waals surface area contributed by atoms with Crippen LogP contribution in [0, 0.1) is 13.8 Å². The molecule has 31 heavy (non-hydrogen) atoms. The maximum atomic E-state index is 13.2. The summed E-state index contributed by atoms with van der Waals surface area (Å²) in [5, 5.41) is 3.69. The van der Waals surface area contributed by atoms with E-state index in [1.165, 1.54) is 0 Å². The van der Waals surface area contributed by atoms with Crippen LogP contribution >= 0.6 is 0 Å². The minimum atomic E-state index is -0.302. The summed E-state index contributed by atoms with van der Waals surface area (Å²) >= 11 is 0. The summed E-state index contributed by atoms with van der Waals surface area (Å²) < 4.78 is 2.13. The summed E-state index contributed by atoms with van der Waals surface area (Å²) in [6.07, 6.45) is 1.98. The van der Waals surface area contributed by atoms with E-state index >= 15 is 0 Å². The van der Waals surface area contributed by atoms with E-state index in [1.54, 1.807) is 0 Å². The van der Waals surface area contributed by atoms with E-state index in [1.807, 2.05) is 68.6 Å². The molecule has 0 aliphatic rings. The molecule has 4 aromatic rings. The molecule has 2 N–H and O–H groups in total. The molecule has 1 aromatic carbocycles. The van der Waals surface area contributed by atoms with Gasteiger partial charge in [-0.25, -0.2) is 4.98 Å². The van der Waals surface area contributed by atoms with E-state index in [0.29, 0.717) is 11.3 Å². The molecule has 0 aliphatic heterocycles. The number of nitrogens with zero attached hydrogens (tertiary/aromatic N) is 2. The molecule has 0 atom stereocenters. The maximum Gasteiger partial charge on any atom is 0.270 e. The predicted molar refractivity (Wildman–Crippen MR) is 123 cm³/mol. The van der Waals surface area contributed by atoms with Crippen molar-refractivity contribution in [2.45, 2.75) is 40.3 Å². The highest BCUT2D eigenvalue weighted by Gasteiger charge is 2.18. The average molecular weight is 415 g/mol. The van der Waals surface area contributed by atoms with Gasteiger partial charge in [0.15, 0.2) is 0 Å². The molecule has 4 rings (SSSR count). The number of nitrogens with one attached hydrogen (secondary N) is 2. The second-order valence-electron chi connectivity index (χ2n) is 8.10. The number of pyridine rings is 2. The first-order valence-electron chi connectivity index (χ1n) is 10.4. The first-order chi connectivity index (χ1) is 14.8. The number of hydrogen-bond acceptors (Lipinski definition) is 3. The van der Waals surface area contributed by atoms with Gasteiger partial charge in [-0.15, -0.1) is 0 Å². The minimum Gasteiger partial charge on any atom is -0.346 e. The number of amides is 1. The van der Waals surface area contributed by atoms with E-state index in [-0.39, 0.29) is 24.1 Å². The molecule has 0 bridgehead atoms. The number of rotatable bonds is 5. The lowest BCUT2D eigenvalue weighted by Crippen LogP contribution is -2.28. The van der Waals surface area contributed by atoms with Crippen LogP contribution in [0.2, 0.25) is 0 Å². The van der Waals surface area contributed by atoms with Crippen LogP contribution in [0.3, 0.4) is 0 Å². The molecule has 3 aromatic heterocycles. The van der Waals surface area contributed by atoms with Gasteiger partial charge in [-0.3, -0.25) is 9.59 Å². The molecule has 1 amide bonds. The Morgan fingerprint density at radius 1 is 1.13 bits per heavy atom. The van der Waals surface area contributed by atoms with Gasteiger partial charge in [0.05, 0.1) is 11.2 Å². The van der Waals surface area contributed by atoms with Crippen LogP contribution in [0.4, 0.5) is 0 Å². The van der Waals surface area contributed by atoms with Crippen molar-refractivity contribution < 1.29 is 4.79 Å². The highest BCUT2D eigenvalue weighted by molar-refractivity contribution is 6.05. The summed E-state index contributed by atoms with van der Waals surface area (Å²) in [6, 6.07) is 15.9. The summed E-state index contributed by atoms with van der Waals surface area (Å²) in [5.74, 6) is -0.302. The average Bonchev–Trinajstić information content (AvgIpc) is 3.17. The topological polar surface area (TPSA) is 79.8 Å². The second-order valence-corrected chi connectivity index (χ2v) is 8.10. The quantitative estimate of drug-likeness (QED) is 0.504. The number of hydrogen-bond donors (Lipinski definition) is 2. The zero-order valence-electron chi connectivity index (χ0n) is 18.2. The molecule has 0 radical (unpaired) electrons. The van der Waals surface area contributed by atoms with Crippen molar-refractivity contribution in [1.82, 2.24) is 19.9 Å². The third-order valence-corrected chi connectivity index (χ3v) is 5.48. The van der Waals surface area contributed by atoms with Crippen LogP contribution in [0.15, 0.2) is 59.5 Å². The van der Waals surface area contributed by atoms with Crippen LogP contribution in [0.25, 0.3) is 22.2 Å². The van der Waals surface area contributed by atoms with Crippen LogP contribution in [-0.4, -0.2) is 20.4 Å². The Kier molecular flexibility index (Phi) is 5.46. The smallest absolute Gasteiger partial charge is 0.270 e. The Morgan fingerprint density at radius 3 is 2.55 bits per heavy atom. The summed E-state index contributed by atoms with van der Waals surface area (Å²) in [4.78, 5) is 33.0. The number of carbonyl (C=O) groups excluding carboxylic acids is 1. The lowest BCUT2D eigenvalue weighted by molar-refractivity contribution is 0.0947. The Labute approximate surface area is 181 Å². The van der Waals surface area contributed by atoms with Crippen LogP contribution < -0.4 is 10.9 Å². The van der Waals surface area contributed by atoms with Crippen LogP contribution in [0.5, 0.6) is 0 Å². The highest BCUT2D eigenvalue weighted by atomic mass is 16.2. The molecular formula is C25H26N4O2. The fourth-order valence-corrected chi connectivity index (χ4v) is 3.89. The number of fused-ring (bicyclic) bond motifs is 1. The van der Waals surface area contributed by atoms with E-state index < -0.39 is 0 Å². The zero-order chi connectivity index (χ0) is 22.1. The highest BCUT2D eigenvalue weighted by Crippen LogP contribution is 2.28. The molecule has 3 heterocycles. The van der Waals surface area contributed by atoms with Crippen molar-refractivity contribution in [3.05, 3.63) is 87.6 Å². The first-order valence-corrected chi connectivity index (χ1v) is 10.4. The van der Waals surface area contributed by atoms with Gasteiger partial charge in [0.25, 0.3) is 11.5 Å².